The molecule has 1 saturated heterocycles. The van der Waals surface area contributed by atoms with E-state index in [0.717, 1.165) is 57.1 Å². The van der Waals surface area contributed by atoms with E-state index in [1.54, 1.807) is 4.68 Å². The van der Waals surface area contributed by atoms with Gasteiger partial charge in [-0.1, -0.05) is 150 Å². The van der Waals surface area contributed by atoms with Gasteiger partial charge >= 0.3 is 5.97 Å². The zero-order chi connectivity index (χ0) is 32.6. The number of carbonyl (C=O) groups is 2. The predicted octanol–water partition coefficient (Wildman–Crippen LogP) is 10.6. The summed E-state index contributed by atoms with van der Waals surface area (Å²) < 4.78 is 14.8. The number of ketones is 1. The van der Waals surface area contributed by atoms with Crippen LogP contribution in [0, 0.1) is 10.8 Å². The highest BCUT2D eigenvalue weighted by atomic mass is 16.5. The van der Waals surface area contributed by atoms with Crippen LogP contribution in [-0.2, 0) is 19.1 Å². The molecule has 0 amide bonds. The van der Waals surface area contributed by atoms with E-state index in [9.17, 15) is 10.6 Å². The van der Waals surface area contributed by atoms with Crippen molar-refractivity contribution in [3.05, 3.63) is 5.84 Å². The van der Waals surface area contributed by atoms with Crippen molar-refractivity contribution in [3.8, 4) is 0 Å². The van der Waals surface area contributed by atoms with Crippen LogP contribution in [-0.4, -0.2) is 45.5 Å². The fourth-order valence-electron chi connectivity index (χ4n) is 10.3. The van der Waals surface area contributed by atoms with Gasteiger partial charge in [-0.15, -0.1) is 0 Å². The topological polar surface area (TPSA) is 79.4 Å². The van der Waals surface area contributed by atoms with Gasteiger partial charge in [0.05, 0.1) is 13.0 Å². The van der Waals surface area contributed by atoms with Gasteiger partial charge in [-0.2, -0.15) is 0 Å². The lowest BCUT2D eigenvalue weighted by Gasteiger charge is -2.51. The lowest BCUT2D eigenvalue weighted by atomic mass is 9.58. The van der Waals surface area contributed by atoms with Crippen molar-refractivity contribution in [3.63, 3.8) is 0 Å². The maximum absolute atomic E-state index is 15.1. The van der Waals surface area contributed by atoms with Gasteiger partial charge in [0.25, 0.3) is 0 Å². The Hall–Kier alpha value is -1.43. The summed E-state index contributed by atoms with van der Waals surface area (Å²) in [5, 5.41) is 0. The molecule has 1 unspecified atom stereocenters. The number of hydrogen-bond acceptors (Lipinski definition) is 4. The first kappa shape index (κ1) is 36.4. The van der Waals surface area contributed by atoms with Crippen molar-refractivity contribution in [2.24, 2.45) is 10.8 Å². The van der Waals surface area contributed by atoms with E-state index < -0.39 is 16.7 Å². The predicted molar refractivity (Wildman–Crippen MR) is 183 cm³/mol. The molecule has 5 aliphatic rings. The molecule has 1 N–H and O–H groups in total. The molecule has 5 rings (SSSR count). The van der Waals surface area contributed by atoms with Crippen molar-refractivity contribution in [2.45, 2.75) is 212 Å². The first-order valence-corrected chi connectivity index (χ1v) is 19.3. The molecule has 3 bridgehead atoms. The van der Waals surface area contributed by atoms with E-state index >= 15 is 4.79 Å². The number of unbranched alkanes of at least 4 members (excludes halogenated alkanes) is 9. The second-order valence-electron chi connectivity index (χ2n) is 16.7. The van der Waals surface area contributed by atoms with Crippen LogP contribution >= 0.6 is 0 Å². The van der Waals surface area contributed by atoms with E-state index in [4.69, 9.17) is 9.47 Å². The standard InChI is InChI=1S/C39H68N2O4/c1-6-7-8-9-10-11-15-18-21-24-29-44-32(42)25-28-39-34(43)37(30-35(2,3)33(41(39)40)36(4,5)31-37)45-38(39)26-22-19-16-13-12-14-17-20-23-27-38/h40H,6-31H2,1-5H3. The summed E-state index contributed by atoms with van der Waals surface area (Å²) in [6, 6.07) is 0. The summed E-state index contributed by atoms with van der Waals surface area (Å²) in [7, 11) is 0. The van der Waals surface area contributed by atoms with E-state index in [1.807, 2.05) is 0 Å². The largest absolute Gasteiger partial charge is 0.466 e. The Morgan fingerprint density at radius 3 is 1.73 bits per heavy atom. The second-order valence-corrected chi connectivity index (χ2v) is 16.7. The number of hydrogen-bond donors (Lipinski definition) is 0. The molecule has 0 aromatic rings. The number of rotatable bonds is 14. The molecule has 0 aromatic heterocycles. The van der Waals surface area contributed by atoms with Crippen LogP contribution in [0.2, 0.25) is 0 Å². The summed E-state index contributed by atoms with van der Waals surface area (Å²) in [6.07, 6.45) is 26.3. The highest BCUT2D eigenvalue weighted by molar-refractivity contribution is 6.05. The molecule has 0 radical (unpaired) electrons. The van der Waals surface area contributed by atoms with Gasteiger partial charge in [-0.3, -0.25) is 14.3 Å². The van der Waals surface area contributed by atoms with Gasteiger partial charge in [0.15, 0.2) is 5.71 Å². The lowest BCUT2D eigenvalue weighted by Crippen LogP contribution is -2.63. The summed E-state index contributed by atoms with van der Waals surface area (Å²) in [5.41, 5.74) is -2.40. The Kier molecular flexibility index (Phi) is 12.7. The third-order valence-electron chi connectivity index (χ3n) is 11.9. The molecule has 0 aromatic carbocycles. The number of nitrogens with one attached hydrogen (secondary N) is 1. The van der Waals surface area contributed by atoms with Crippen molar-refractivity contribution >= 4 is 17.5 Å². The Morgan fingerprint density at radius 1 is 0.756 bits per heavy atom. The van der Waals surface area contributed by atoms with Gasteiger partial charge in [0.2, 0.25) is 11.3 Å². The van der Waals surface area contributed by atoms with Crippen LogP contribution in [0.4, 0.5) is 0 Å². The molecule has 6 nitrogen and oxygen atoms in total. The van der Waals surface area contributed by atoms with Crippen LogP contribution in [0.25, 0.3) is 5.84 Å². The average molecular weight is 629 g/mol. The number of esters is 1. The summed E-state index contributed by atoms with van der Waals surface area (Å²) >= 11 is 0. The van der Waals surface area contributed by atoms with E-state index in [-0.39, 0.29) is 29.0 Å². The second kappa shape index (κ2) is 15.6. The number of carbonyl (C=O) groups excluding carboxylic acids is 2. The molecule has 1 atom stereocenters. The zero-order valence-corrected chi connectivity index (χ0v) is 30.0. The first-order chi connectivity index (χ1) is 21.5. The molecular formula is C39H68N2O4. The normalized spacial score (nSPS) is 29.3. The van der Waals surface area contributed by atoms with Crippen LogP contribution < -0.4 is 0 Å². The molecule has 3 fully saturated rings. The quantitative estimate of drug-likeness (QED) is 0.109. The number of Topliss-reactive ketones (excluding diaryl/α,β-unsaturated/α-hetero) is 1. The highest BCUT2D eigenvalue weighted by Gasteiger charge is 2.81. The molecule has 3 heterocycles. The molecular weight excluding hydrogens is 560 g/mol. The molecule has 2 aliphatic carbocycles. The summed E-state index contributed by atoms with van der Waals surface area (Å²) in [4.78, 5) is 28.3. The smallest absolute Gasteiger partial charge is 0.306 e. The number of ether oxygens (including phenoxy) is 2. The van der Waals surface area contributed by atoms with Crippen molar-refractivity contribution in [2.75, 3.05) is 6.61 Å². The zero-order valence-electron chi connectivity index (χ0n) is 30.0. The molecule has 6 heteroatoms. The fourth-order valence-corrected chi connectivity index (χ4v) is 10.3. The van der Waals surface area contributed by atoms with Crippen LogP contribution in [0.3, 0.4) is 0 Å². The summed E-state index contributed by atoms with van der Waals surface area (Å²) in [5.74, 6) is 9.76. The molecule has 258 valence electrons. The van der Waals surface area contributed by atoms with Gasteiger partial charge in [-0.05, 0) is 32.1 Å². The van der Waals surface area contributed by atoms with Gasteiger partial charge < -0.3 is 15.3 Å². The molecule has 2 spiro atoms. The Labute approximate surface area is 276 Å². The average Bonchev–Trinajstić information content (AvgIpc) is 3.08. The minimum atomic E-state index is -1.15. The molecule has 45 heavy (non-hydrogen) atoms. The van der Waals surface area contributed by atoms with Crippen LogP contribution in [0.15, 0.2) is 0 Å². The van der Waals surface area contributed by atoms with Crippen LogP contribution in [0.1, 0.15) is 195 Å². The maximum Gasteiger partial charge on any atom is 0.306 e. The van der Waals surface area contributed by atoms with Crippen LogP contribution in [0.5, 0.6) is 0 Å². The van der Waals surface area contributed by atoms with Gasteiger partial charge in [0, 0.05) is 17.3 Å². The number of fused-ring (bicyclic) bond motifs is 2. The number of nitrogens with zero attached hydrogens (tertiary/aromatic N) is 1. The van der Waals surface area contributed by atoms with Crippen molar-refractivity contribution in [1.82, 2.24) is 0 Å². The van der Waals surface area contributed by atoms with E-state index in [0.29, 0.717) is 25.9 Å². The summed E-state index contributed by atoms with van der Waals surface area (Å²) in [6.45, 7) is 11.5. The SMILES string of the molecule is CCCCCCCCCCCCOC(=O)CCC12C(=O)C3(CC(C)(C)C(=[N+]1[NH-])C(C)(C)C3)OC21CCCCCCCCCCC1. The molecule has 2 saturated carbocycles. The Balaban J connectivity index is 1.48. The van der Waals surface area contributed by atoms with E-state index in [1.165, 1.54) is 83.5 Å². The first-order valence-electron chi connectivity index (χ1n) is 19.3. The highest BCUT2D eigenvalue weighted by Crippen LogP contribution is 2.64. The Morgan fingerprint density at radius 2 is 1.22 bits per heavy atom. The minimum Gasteiger partial charge on any atom is -0.466 e. The van der Waals surface area contributed by atoms with Gasteiger partial charge in [-0.25, -0.2) is 0 Å². The monoisotopic (exact) mass is 629 g/mol. The Bertz CT molecular complexity index is 998. The van der Waals surface area contributed by atoms with E-state index in [2.05, 4.69) is 34.6 Å². The third kappa shape index (κ3) is 7.83. The van der Waals surface area contributed by atoms with Crippen molar-refractivity contribution in [1.29, 1.82) is 0 Å². The lowest BCUT2D eigenvalue weighted by molar-refractivity contribution is -0.564. The fraction of sp³-hybridized carbons (Fsp3) is 0.923. The molecule has 3 aliphatic heterocycles. The minimum absolute atomic E-state index is 0.0771. The van der Waals surface area contributed by atoms with Gasteiger partial charge in [0.1, 0.15) is 11.2 Å². The third-order valence-corrected chi connectivity index (χ3v) is 11.9. The maximum atomic E-state index is 15.1. The van der Waals surface area contributed by atoms with Crippen molar-refractivity contribution < 1.29 is 23.7 Å².